The molecule has 0 N–H and O–H groups in total. The number of rotatable bonds is 3. The first-order valence-electron chi connectivity index (χ1n) is 6.57. The van der Waals surface area contributed by atoms with Gasteiger partial charge in [0.2, 0.25) is 0 Å². The molecule has 0 aromatic heterocycles. The van der Waals surface area contributed by atoms with Crippen molar-refractivity contribution in [2.24, 2.45) is 0 Å². The molecule has 0 bridgehead atoms. The highest BCUT2D eigenvalue weighted by Gasteiger charge is 2.22. The fourth-order valence-corrected chi connectivity index (χ4v) is 3.48. The van der Waals surface area contributed by atoms with Gasteiger partial charge in [-0.1, -0.05) is 33.6 Å². The lowest BCUT2D eigenvalue weighted by Gasteiger charge is -2.15. The number of hydrogen-bond donors (Lipinski definition) is 0. The second-order valence-corrected chi connectivity index (χ2v) is 6.54. The Hall–Kier alpha value is -1.13. The van der Waals surface area contributed by atoms with Crippen LogP contribution in [0.25, 0.3) is 0 Å². The number of ether oxygens (including phenoxy) is 1. The van der Waals surface area contributed by atoms with E-state index >= 15 is 0 Å². The third-order valence-electron chi connectivity index (χ3n) is 3.51. The zero-order chi connectivity index (χ0) is 15.0. The first-order chi connectivity index (χ1) is 10.0. The Kier molecular flexibility index (Phi) is 4.18. The van der Waals surface area contributed by atoms with Crippen LogP contribution < -0.4 is 4.74 Å². The van der Waals surface area contributed by atoms with E-state index in [1.165, 1.54) is 6.07 Å². The summed E-state index contributed by atoms with van der Waals surface area (Å²) in [5.74, 6) is -0.819. The Bertz CT molecular complexity index is 690. The average Bonchev–Trinajstić information content (AvgIpc) is 2.90. The van der Waals surface area contributed by atoms with Crippen molar-refractivity contribution in [1.82, 2.24) is 0 Å². The first-order valence-corrected chi connectivity index (χ1v) is 7.87. The van der Waals surface area contributed by atoms with Crippen LogP contribution in [0, 0.1) is 11.6 Å². The van der Waals surface area contributed by atoms with Gasteiger partial charge in [0, 0.05) is 21.8 Å². The first kappa shape index (κ1) is 14.8. The summed E-state index contributed by atoms with van der Waals surface area (Å²) >= 11 is 9.73. The third-order valence-corrected chi connectivity index (χ3v) is 4.55. The average molecular weight is 374 g/mol. The maximum atomic E-state index is 13.3. The van der Waals surface area contributed by atoms with Crippen LogP contribution in [0.4, 0.5) is 8.78 Å². The lowest BCUT2D eigenvalue weighted by Crippen LogP contribution is -2.00. The number of fused-ring (bicyclic) bond motifs is 1. The highest BCUT2D eigenvalue weighted by atomic mass is 79.9. The molecule has 3 rings (SSSR count). The van der Waals surface area contributed by atoms with Crippen LogP contribution in [0.1, 0.15) is 21.5 Å². The predicted molar refractivity (Wildman–Crippen MR) is 82.4 cm³/mol. The summed E-state index contributed by atoms with van der Waals surface area (Å²) in [4.78, 5) is -0.0760. The standard InChI is InChI=1S/C16H12BrClF2O/c17-13(5-9-1-2-14(19)15(20)6-9)12-8-11(18)7-10-3-4-21-16(10)12/h1-2,6-8,13H,3-5H2. The summed E-state index contributed by atoms with van der Waals surface area (Å²) in [5, 5.41) is 0.656. The number of halogens is 4. The van der Waals surface area contributed by atoms with Crippen molar-refractivity contribution in [1.29, 1.82) is 0 Å². The summed E-state index contributed by atoms with van der Waals surface area (Å²) in [6.45, 7) is 0.646. The van der Waals surface area contributed by atoms with E-state index in [-0.39, 0.29) is 4.83 Å². The van der Waals surface area contributed by atoms with E-state index < -0.39 is 11.6 Å². The zero-order valence-electron chi connectivity index (χ0n) is 11.0. The molecule has 0 amide bonds. The van der Waals surface area contributed by atoms with Crippen LogP contribution in [0.2, 0.25) is 5.02 Å². The molecule has 0 saturated carbocycles. The van der Waals surface area contributed by atoms with Gasteiger partial charge in [0.15, 0.2) is 11.6 Å². The molecule has 1 unspecified atom stereocenters. The van der Waals surface area contributed by atoms with E-state index in [0.717, 1.165) is 29.4 Å². The van der Waals surface area contributed by atoms with Crippen molar-refractivity contribution in [2.45, 2.75) is 17.7 Å². The maximum absolute atomic E-state index is 13.3. The van der Waals surface area contributed by atoms with Crippen molar-refractivity contribution in [3.05, 3.63) is 63.7 Å². The van der Waals surface area contributed by atoms with Crippen molar-refractivity contribution < 1.29 is 13.5 Å². The lowest BCUT2D eigenvalue weighted by atomic mass is 10.0. The molecule has 5 heteroatoms. The molecule has 0 spiro atoms. The van der Waals surface area contributed by atoms with Crippen LogP contribution in [0.3, 0.4) is 0 Å². The fourth-order valence-electron chi connectivity index (χ4n) is 2.51. The van der Waals surface area contributed by atoms with Gasteiger partial charge in [-0.3, -0.25) is 0 Å². The smallest absolute Gasteiger partial charge is 0.159 e. The molecule has 110 valence electrons. The van der Waals surface area contributed by atoms with Gasteiger partial charge in [-0.15, -0.1) is 0 Å². The van der Waals surface area contributed by atoms with Crippen molar-refractivity contribution >= 4 is 27.5 Å². The molecule has 0 fully saturated rings. The molecular weight excluding hydrogens is 362 g/mol. The van der Waals surface area contributed by atoms with Crippen LogP contribution in [0.5, 0.6) is 5.75 Å². The van der Waals surface area contributed by atoms with Crippen LogP contribution in [-0.2, 0) is 12.8 Å². The van der Waals surface area contributed by atoms with Crippen molar-refractivity contribution in [3.63, 3.8) is 0 Å². The number of benzene rings is 2. The number of hydrogen-bond acceptors (Lipinski definition) is 1. The van der Waals surface area contributed by atoms with Gasteiger partial charge in [0.05, 0.1) is 6.61 Å². The SMILES string of the molecule is Fc1ccc(CC(Br)c2cc(Cl)cc3c2OCC3)cc1F. The Morgan fingerprint density at radius 1 is 1.19 bits per heavy atom. The van der Waals surface area contributed by atoms with E-state index in [1.54, 1.807) is 6.07 Å². The van der Waals surface area contributed by atoms with Gasteiger partial charge in [-0.05, 0) is 41.8 Å². The highest BCUT2D eigenvalue weighted by molar-refractivity contribution is 9.09. The molecule has 1 heterocycles. The minimum atomic E-state index is -0.836. The Labute approximate surface area is 135 Å². The normalized spacial score (nSPS) is 14.7. The molecule has 2 aromatic rings. The van der Waals surface area contributed by atoms with Gasteiger partial charge in [-0.2, -0.15) is 0 Å². The Balaban J connectivity index is 1.89. The largest absolute Gasteiger partial charge is 0.493 e. The van der Waals surface area contributed by atoms with E-state index in [0.29, 0.717) is 23.6 Å². The van der Waals surface area contributed by atoms with Gasteiger partial charge in [-0.25, -0.2) is 8.78 Å². The fraction of sp³-hybridized carbons (Fsp3) is 0.250. The summed E-state index contributed by atoms with van der Waals surface area (Å²) in [5.41, 5.74) is 2.74. The third kappa shape index (κ3) is 3.06. The molecule has 1 nitrogen and oxygen atoms in total. The van der Waals surface area contributed by atoms with Gasteiger partial charge >= 0.3 is 0 Å². The highest BCUT2D eigenvalue weighted by Crippen LogP contribution is 2.40. The molecule has 2 aromatic carbocycles. The van der Waals surface area contributed by atoms with E-state index in [2.05, 4.69) is 15.9 Å². The van der Waals surface area contributed by atoms with Gasteiger partial charge < -0.3 is 4.74 Å². The summed E-state index contributed by atoms with van der Waals surface area (Å²) in [7, 11) is 0. The monoisotopic (exact) mass is 372 g/mol. The topological polar surface area (TPSA) is 9.23 Å². The maximum Gasteiger partial charge on any atom is 0.159 e. The lowest BCUT2D eigenvalue weighted by molar-refractivity contribution is 0.353. The molecule has 0 radical (unpaired) electrons. The molecule has 1 aliphatic rings. The Morgan fingerprint density at radius 2 is 2.00 bits per heavy atom. The molecule has 0 saturated heterocycles. The molecular formula is C16H12BrClF2O. The van der Waals surface area contributed by atoms with E-state index in [1.807, 2.05) is 12.1 Å². The summed E-state index contributed by atoms with van der Waals surface area (Å²) in [6, 6.07) is 7.70. The van der Waals surface area contributed by atoms with Gasteiger partial charge in [0.25, 0.3) is 0 Å². The van der Waals surface area contributed by atoms with Crippen LogP contribution in [0.15, 0.2) is 30.3 Å². The molecule has 0 aliphatic carbocycles. The zero-order valence-corrected chi connectivity index (χ0v) is 13.3. The van der Waals surface area contributed by atoms with E-state index in [9.17, 15) is 8.78 Å². The molecule has 21 heavy (non-hydrogen) atoms. The Morgan fingerprint density at radius 3 is 2.76 bits per heavy atom. The number of alkyl halides is 1. The van der Waals surface area contributed by atoms with Crippen molar-refractivity contribution in [2.75, 3.05) is 6.61 Å². The molecule has 1 atom stereocenters. The minimum Gasteiger partial charge on any atom is -0.493 e. The summed E-state index contributed by atoms with van der Waals surface area (Å²) in [6.07, 6.45) is 1.36. The second-order valence-electron chi connectivity index (χ2n) is 5.00. The van der Waals surface area contributed by atoms with Crippen LogP contribution in [-0.4, -0.2) is 6.61 Å². The quantitative estimate of drug-likeness (QED) is 0.669. The minimum absolute atomic E-state index is 0.0760. The predicted octanol–water partition coefficient (Wildman–Crippen LogP) is 5.23. The summed E-state index contributed by atoms with van der Waals surface area (Å²) < 4.78 is 31.9. The second kappa shape index (κ2) is 5.93. The molecule has 1 aliphatic heterocycles. The van der Waals surface area contributed by atoms with Crippen LogP contribution >= 0.6 is 27.5 Å². The van der Waals surface area contributed by atoms with Crippen molar-refractivity contribution in [3.8, 4) is 5.75 Å². The van der Waals surface area contributed by atoms with Gasteiger partial charge in [0.1, 0.15) is 5.75 Å². The van der Waals surface area contributed by atoms with E-state index in [4.69, 9.17) is 16.3 Å².